The van der Waals surface area contributed by atoms with Crippen molar-refractivity contribution >= 4 is 11.8 Å². The summed E-state index contributed by atoms with van der Waals surface area (Å²) in [4.78, 5) is 5.75. The molecule has 0 aliphatic heterocycles. The summed E-state index contributed by atoms with van der Waals surface area (Å²) in [5.74, 6) is 0. The summed E-state index contributed by atoms with van der Waals surface area (Å²) in [7, 11) is 1.96. The number of aryl methyl sites for hydroxylation is 2. The van der Waals surface area contributed by atoms with Crippen LogP contribution in [0.4, 0.5) is 0 Å². The molecular weight excluding hydrogens is 240 g/mol. The maximum atomic E-state index is 4.48. The summed E-state index contributed by atoms with van der Waals surface area (Å²) < 4.78 is 0. The normalized spacial score (nSPS) is 10.6. The Balaban J connectivity index is 2.28. The Morgan fingerprint density at radius 3 is 2.78 bits per heavy atom. The molecule has 2 aromatic rings. The first-order chi connectivity index (χ1) is 8.70. The second kappa shape index (κ2) is 6.03. The van der Waals surface area contributed by atoms with Crippen LogP contribution in [-0.2, 0) is 6.54 Å². The van der Waals surface area contributed by atoms with Crippen LogP contribution in [0.3, 0.4) is 0 Å². The van der Waals surface area contributed by atoms with E-state index in [9.17, 15) is 0 Å². The molecule has 2 nitrogen and oxygen atoms in total. The monoisotopic (exact) mass is 258 g/mol. The molecule has 0 atom stereocenters. The van der Waals surface area contributed by atoms with Gasteiger partial charge in [0.15, 0.2) is 0 Å². The SMILES string of the molecule is CNCc1cccnc1Sc1ccc(C)cc1C. The van der Waals surface area contributed by atoms with Gasteiger partial charge in [-0.1, -0.05) is 35.5 Å². The molecule has 18 heavy (non-hydrogen) atoms. The van der Waals surface area contributed by atoms with Crippen LogP contribution in [0.1, 0.15) is 16.7 Å². The van der Waals surface area contributed by atoms with Crippen molar-refractivity contribution in [3.63, 3.8) is 0 Å². The van der Waals surface area contributed by atoms with Gasteiger partial charge in [-0.05, 0) is 44.2 Å². The molecule has 0 amide bonds. The zero-order valence-electron chi connectivity index (χ0n) is 11.0. The Labute approximate surface area is 113 Å². The molecule has 0 aliphatic carbocycles. The van der Waals surface area contributed by atoms with Gasteiger partial charge in [0, 0.05) is 17.6 Å². The van der Waals surface area contributed by atoms with E-state index in [2.05, 4.69) is 48.4 Å². The predicted molar refractivity (Wildman–Crippen MR) is 77.0 cm³/mol. The van der Waals surface area contributed by atoms with Crippen molar-refractivity contribution in [2.24, 2.45) is 0 Å². The van der Waals surface area contributed by atoms with Gasteiger partial charge in [0.2, 0.25) is 0 Å². The first kappa shape index (κ1) is 13.1. The Morgan fingerprint density at radius 2 is 2.06 bits per heavy atom. The van der Waals surface area contributed by atoms with Crippen LogP contribution in [-0.4, -0.2) is 12.0 Å². The second-order valence-electron chi connectivity index (χ2n) is 4.37. The fourth-order valence-electron chi connectivity index (χ4n) is 1.86. The third-order valence-electron chi connectivity index (χ3n) is 2.75. The van der Waals surface area contributed by atoms with E-state index >= 15 is 0 Å². The maximum absolute atomic E-state index is 4.48. The topological polar surface area (TPSA) is 24.9 Å². The zero-order valence-corrected chi connectivity index (χ0v) is 11.8. The molecule has 1 heterocycles. The molecule has 3 heteroatoms. The summed E-state index contributed by atoms with van der Waals surface area (Å²) in [6.45, 7) is 5.12. The highest BCUT2D eigenvalue weighted by molar-refractivity contribution is 7.99. The molecule has 1 N–H and O–H groups in total. The number of nitrogens with zero attached hydrogens (tertiary/aromatic N) is 1. The number of nitrogens with one attached hydrogen (secondary N) is 1. The third-order valence-corrected chi connectivity index (χ3v) is 3.99. The molecular formula is C15H18N2S. The Kier molecular flexibility index (Phi) is 4.39. The van der Waals surface area contributed by atoms with Gasteiger partial charge in [-0.25, -0.2) is 4.98 Å². The smallest absolute Gasteiger partial charge is 0.105 e. The van der Waals surface area contributed by atoms with Gasteiger partial charge in [0.25, 0.3) is 0 Å². The highest BCUT2D eigenvalue weighted by Gasteiger charge is 2.06. The largest absolute Gasteiger partial charge is 0.316 e. The van der Waals surface area contributed by atoms with Gasteiger partial charge in [-0.15, -0.1) is 0 Å². The lowest BCUT2D eigenvalue weighted by atomic mass is 10.2. The average molecular weight is 258 g/mol. The molecule has 0 unspecified atom stereocenters. The number of aromatic nitrogens is 1. The molecule has 2 rings (SSSR count). The molecule has 1 aromatic heterocycles. The summed E-state index contributed by atoms with van der Waals surface area (Å²) in [6, 6.07) is 10.6. The van der Waals surface area contributed by atoms with E-state index in [0.29, 0.717) is 0 Å². The Morgan fingerprint density at radius 1 is 1.22 bits per heavy atom. The van der Waals surface area contributed by atoms with Crippen molar-refractivity contribution in [1.29, 1.82) is 0 Å². The van der Waals surface area contributed by atoms with Crippen LogP contribution in [0.15, 0.2) is 46.5 Å². The van der Waals surface area contributed by atoms with Gasteiger partial charge < -0.3 is 5.32 Å². The lowest BCUT2D eigenvalue weighted by Gasteiger charge is -2.09. The van der Waals surface area contributed by atoms with Crippen LogP contribution in [0.5, 0.6) is 0 Å². The van der Waals surface area contributed by atoms with E-state index in [1.807, 2.05) is 19.3 Å². The fourth-order valence-corrected chi connectivity index (χ4v) is 2.81. The first-order valence-electron chi connectivity index (χ1n) is 6.04. The molecule has 94 valence electrons. The number of pyridine rings is 1. The maximum Gasteiger partial charge on any atom is 0.105 e. The van der Waals surface area contributed by atoms with Crippen molar-refractivity contribution < 1.29 is 0 Å². The lowest BCUT2D eigenvalue weighted by molar-refractivity contribution is 0.789. The minimum absolute atomic E-state index is 0.848. The number of hydrogen-bond acceptors (Lipinski definition) is 3. The molecule has 0 saturated heterocycles. The van der Waals surface area contributed by atoms with Gasteiger partial charge in [0.1, 0.15) is 5.03 Å². The van der Waals surface area contributed by atoms with Crippen molar-refractivity contribution in [3.05, 3.63) is 53.2 Å². The lowest BCUT2D eigenvalue weighted by Crippen LogP contribution is -2.06. The summed E-state index contributed by atoms with van der Waals surface area (Å²) in [5.41, 5.74) is 3.85. The van der Waals surface area contributed by atoms with E-state index in [-0.39, 0.29) is 0 Å². The quantitative estimate of drug-likeness (QED) is 0.907. The van der Waals surface area contributed by atoms with Crippen LogP contribution < -0.4 is 5.32 Å². The minimum Gasteiger partial charge on any atom is -0.316 e. The van der Waals surface area contributed by atoms with Crippen molar-refractivity contribution in [3.8, 4) is 0 Å². The van der Waals surface area contributed by atoms with Crippen LogP contribution in [0, 0.1) is 13.8 Å². The highest BCUT2D eigenvalue weighted by atomic mass is 32.2. The van der Waals surface area contributed by atoms with Crippen LogP contribution in [0.25, 0.3) is 0 Å². The summed E-state index contributed by atoms with van der Waals surface area (Å²) in [5, 5.41) is 4.26. The van der Waals surface area contributed by atoms with Crippen LogP contribution in [0.2, 0.25) is 0 Å². The molecule has 0 saturated carbocycles. The van der Waals surface area contributed by atoms with Gasteiger partial charge >= 0.3 is 0 Å². The average Bonchev–Trinajstić information content (AvgIpc) is 2.35. The molecule has 0 fully saturated rings. The molecule has 1 aromatic carbocycles. The minimum atomic E-state index is 0.848. The van der Waals surface area contributed by atoms with Gasteiger partial charge in [-0.3, -0.25) is 0 Å². The number of hydrogen-bond donors (Lipinski definition) is 1. The predicted octanol–water partition coefficient (Wildman–Crippen LogP) is 3.57. The van der Waals surface area contributed by atoms with Crippen LogP contribution >= 0.6 is 11.8 Å². The molecule has 0 radical (unpaired) electrons. The van der Waals surface area contributed by atoms with Crippen molar-refractivity contribution in [2.45, 2.75) is 30.3 Å². The van der Waals surface area contributed by atoms with Crippen molar-refractivity contribution in [2.75, 3.05) is 7.05 Å². The Hall–Kier alpha value is -1.32. The molecule has 0 aliphatic rings. The van der Waals surface area contributed by atoms with Crippen molar-refractivity contribution in [1.82, 2.24) is 10.3 Å². The second-order valence-corrected chi connectivity index (χ2v) is 5.40. The third kappa shape index (κ3) is 3.12. The number of rotatable bonds is 4. The fraction of sp³-hybridized carbons (Fsp3) is 0.267. The Bertz CT molecular complexity index is 538. The van der Waals surface area contributed by atoms with E-state index < -0.39 is 0 Å². The first-order valence-corrected chi connectivity index (χ1v) is 6.86. The highest BCUT2D eigenvalue weighted by Crippen LogP contribution is 2.31. The van der Waals surface area contributed by atoms with E-state index in [1.165, 1.54) is 21.6 Å². The van der Waals surface area contributed by atoms with E-state index in [1.54, 1.807) is 11.8 Å². The van der Waals surface area contributed by atoms with E-state index in [0.717, 1.165) is 11.6 Å². The number of benzene rings is 1. The van der Waals surface area contributed by atoms with E-state index in [4.69, 9.17) is 0 Å². The summed E-state index contributed by atoms with van der Waals surface area (Å²) >= 11 is 1.74. The summed E-state index contributed by atoms with van der Waals surface area (Å²) in [6.07, 6.45) is 1.85. The standard InChI is InChI=1S/C15H18N2S/c1-11-6-7-14(12(2)9-11)18-15-13(10-16-3)5-4-8-17-15/h4-9,16H,10H2,1-3H3. The molecule has 0 bridgehead atoms. The molecule has 0 spiro atoms. The van der Waals surface area contributed by atoms with Gasteiger partial charge in [0.05, 0.1) is 0 Å². The zero-order chi connectivity index (χ0) is 13.0. The van der Waals surface area contributed by atoms with Gasteiger partial charge in [-0.2, -0.15) is 0 Å².